The molecule has 37 heavy (non-hydrogen) atoms. The fraction of sp³-hybridized carbons (Fsp3) is 0.370. The SMILES string of the molecule is NC(=Nc1ccc(O)cc1Cl)c1cnn2cc(-c3cn[nH]c3)cc2c1NC1C2CC3CC1CC(O)(C3)C2. The number of phenols is 1. The zero-order chi connectivity index (χ0) is 25.3. The Bertz CT molecular complexity index is 1510. The van der Waals surface area contributed by atoms with Crippen LogP contribution in [0.1, 0.15) is 37.7 Å². The normalized spacial score (nSPS) is 28.8. The Morgan fingerprint density at radius 1 is 1.16 bits per heavy atom. The number of aromatic hydroxyl groups is 1. The van der Waals surface area contributed by atoms with Crippen LogP contribution in [0.5, 0.6) is 5.75 Å². The molecule has 2 atom stereocenters. The molecule has 0 aliphatic heterocycles. The summed E-state index contributed by atoms with van der Waals surface area (Å²) >= 11 is 6.32. The highest BCUT2D eigenvalue weighted by atomic mass is 35.5. The van der Waals surface area contributed by atoms with Gasteiger partial charge >= 0.3 is 0 Å². The van der Waals surface area contributed by atoms with Crippen LogP contribution in [0, 0.1) is 17.8 Å². The number of aromatic nitrogens is 4. The Morgan fingerprint density at radius 2 is 1.97 bits per heavy atom. The number of phenolic OH excluding ortho intramolecular Hbond substituents is 1. The van der Waals surface area contributed by atoms with Crippen molar-refractivity contribution in [2.75, 3.05) is 5.32 Å². The molecule has 1 aromatic carbocycles. The van der Waals surface area contributed by atoms with Gasteiger partial charge in [0.25, 0.3) is 0 Å². The molecular formula is C27H28ClN7O2. The molecule has 3 aromatic heterocycles. The second kappa shape index (κ2) is 8.22. The van der Waals surface area contributed by atoms with E-state index < -0.39 is 5.60 Å². The molecule has 4 fully saturated rings. The standard InChI is InChI=1S/C27H28ClN7O2/c28-21-6-19(36)1-2-22(21)33-26(29)20-12-32-35-13-17(18-10-30-31-11-18)5-23(35)25(20)34-24-15-3-14-4-16(24)9-27(37,7-14)8-15/h1-2,5-6,10-16,24,34,36-37H,3-4,7-9H2,(H2,29,33)(H,30,31). The van der Waals surface area contributed by atoms with E-state index >= 15 is 0 Å². The van der Waals surface area contributed by atoms with E-state index in [-0.39, 0.29) is 17.6 Å². The van der Waals surface area contributed by atoms with E-state index in [0.29, 0.717) is 34.0 Å². The minimum atomic E-state index is -0.509. The lowest BCUT2D eigenvalue weighted by molar-refractivity contribution is -0.129. The van der Waals surface area contributed by atoms with Gasteiger partial charge in [-0.3, -0.25) is 5.10 Å². The van der Waals surface area contributed by atoms with Gasteiger partial charge in [0.2, 0.25) is 0 Å². The molecule has 4 aliphatic rings. The Labute approximate surface area is 218 Å². The zero-order valence-corrected chi connectivity index (χ0v) is 20.9. The van der Waals surface area contributed by atoms with Crippen LogP contribution in [0.2, 0.25) is 5.02 Å². The van der Waals surface area contributed by atoms with Crippen molar-refractivity contribution in [3.8, 4) is 16.9 Å². The number of nitrogens with two attached hydrogens (primary N) is 1. The van der Waals surface area contributed by atoms with Gasteiger partial charge in [-0.15, -0.1) is 0 Å². The molecule has 0 amide bonds. The van der Waals surface area contributed by atoms with E-state index in [1.165, 1.54) is 12.1 Å². The van der Waals surface area contributed by atoms with Gasteiger partial charge in [0.1, 0.15) is 11.6 Å². The van der Waals surface area contributed by atoms with Crippen LogP contribution >= 0.6 is 11.6 Å². The lowest BCUT2D eigenvalue weighted by Gasteiger charge is -2.58. The Hall–Kier alpha value is -3.56. The predicted molar refractivity (Wildman–Crippen MR) is 142 cm³/mol. The van der Waals surface area contributed by atoms with Crippen molar-refractivity contribution in [3.05, 3.63) is 59.6 Å². The summed E-state index contributed by atoms with van der Waals surface area (Å²) in [5.41, 5.74) is 10.9. The third-order valence-electron chi connectivity index (χ3n) is 8.47. The number of hydrogen-bond donors (Lipinski definition) is 5. The molecule has 0 radical (unpaired) electrons. The second-order valence-corrected chi connectivity index (χ2v) is 11.4. The molecule has 0 spiro atoms. The number of aromatic amines is 1. The topological polar surface area (TPSA) is 137 Å². The Morgan fingerprint density at radius 3 is 2.68 bits per heavy atom. The lowest BCUT2D eigenvalue weighted by Crippen LogP contribution is -2.59. The summed E-state index contributed by atoms with van der Waals surface area (Å²) in [4.78, 5) is 4.60. The largest absolute Gasteiger partial charge is 0.508 e. The number of benzene rings is 1. The highest BCUT2D eigenvalue weighted by molar-refractivity contribution is 6.33. The van der Waals surface area contributed by atoms with E-state index in [9.17, 15) is 10.2 Å². The lowest BCUT2D eigenvalue weighted by atomic mass is 9.52. The van der Waals surface area contributed by atoms with Gasteiger partial charge in [-0.25, -0.2) is 9.51 Å². The number of fused-ring (bicyclic) bond motifs is 1. The first-order valence-electron chi connectivity index (χ1n) is 12.7. The van der Waals surface area contributed by atoms with Crippen molar-refractivity contribution >= 4 is 34.3 Å². The fourth-order valence-electron chi connectivity index (χ4n) is 7.13. The molecule has 6 N–H and O–H groups in total. The van der Waals surface area contributed by atoms with Gasteiger partial charge in [0.05, 0.1) is 45.5 Å². The first kappa shape index (κ1) is 22.6. The van der Waals surface area contributed by atoms with Crippen molar-refractivity contribution in [2.24, 2.45) is 28.5 Å². The average Bonchev–Trinajstić information content (AvgIpc) is 3.52. The maximum Gasteiger partial charge on any atom is 0.135 e. The number of hydrogen-bond acceptors (Lipinski definition) is 6. The van der Waals surface area contributed by atoms with E-state index in [0.717, 1.165) is 54.4 Å². The molecule has 0 saturated heterocycles. The first-order valence-corrected chi connectivity index (χ1v) is 13.1. The van der Waals surface area contributed by atoms with Crippen molar-refractivity contribution in [1.29, 1.82) is 0 Å². The molecule has 190 valence electrons. The zero-order valence-electron chi connectivity index (χ0n) is 20.1. The van der Waals surface area contributed by atoms with Gasteiger partial charge in [0.15, 0.2) is 0 Å². The third-order valence-corrected chi connectivity index (χ3v) is 8.77. The number of rotatable bonds is 5. The van der Waals surface area contributed by atoms with Crippen LogP contribution in [0.4, 0.5) is 11.4 Å². The molecule has 9 nitrogen and oxygen atoms in total. The molecule has 4 saturated carbocycles. The van der Waals surface area contributed by atoms with Gasteiger partial charge < -0.3 is 21.3 Å². The highest BCUT2D eigenvalue weighted by Gasteiger charge is 2.54. The Kier molecular flexibility index (Phi) is 5.03. The molecule has 2 unspecified atom stereocenters. The fourth-order valence-corrected chi connectivity index (χ4v) is 7.35. The van der Waals surface area contributed by atoms with Crippen molar-refractivity contribution in [3.63, 3.8) is 0 Å². The maximum absolute atomic E-state index is 11.1. The molecular weight excluding hydrogens is 490 g/mol. The van der Waals surface area contributed by atoms with E-state index in [1.54, 1.807) is 18.5 Å². The number of nitrogens with one attached hydrogen (secondary N) is 2. The molecule has 4 bridgehead atoms. The number of nitrogens with zero attached hydrogens (tertiary/aromatic N) is 4. The summed E-state index contributed by atoms with van der Waals surface area (Å²) in [5.74, 6) is 1.77. The average molecular weight is 518 g/mol. The van der Waals surface area contributed by atoms with Gasteiger partial charge in [0, 0.05) is 35.6 Å². The van der Waals surface area contributed by atoms with E-state index in [2.05, 4.69) is 31.7 Å². The molecule has 4 aromatic rings. The summed E-state index contributed by atoms with van der Waals surface area (Å²) in [7, 11) is 0. The first-order chi connectivity index (χ1) is 17.8. The number of aliphatic imine (C=N–C) groups is 1. The molecule has 8 rings (SSSR count). The van der Waals surface area contributed by atoms with Crippen LogP contribution in [-0.4, -0.2) is 47.5 Å². The Balaban J connectivity index is 1.33. The maximum atomic E-state index is 11.1. The van der Waals surface area contributed by atoms with Gasteiger partial charge in [-0.2, -0.15) is 10.2 Å². The van der Waals surface area contributed by atoms with Crippen LogP contribution in [0.15, 0.2) is 54.0 Å². The minimum absolute atomic E-state index is 0.0662. The number of halogens is 1. The van der Waals surface area contributed by atoms with Crippen LogP contribution in [-0.2, 0) is 0 Å². The number of aliphatic hydroxyl groups is 1. The summed E-state index contributed by atoms with van der Waals surface area (Å²) in [6.07, 6.45) is 12.2. The minimum Gasteiger partial charge on any atom is -0.508 e. The van der Waals surface area contributed by atoms with Gasteiger partial charge in [-0.05, 0) is 68.1 Å². The monoisotopic (exact) mass is 517 g/mol. The molecule has 3 heterocycles. The van der Waals surface area contributed by atoms with Crippen LogP contribution in [0.3, 0.4) is 0 Å². The number of H-pyrrole nitrogens is 1. The van der Waals surface area contributed by atoms with Crippen molar-refractivity contribution < 1.29 is 10.2 Å². The quantitative estimate of drug-likeness (QED) is 0.196. The van der Waals surface area contributed by atoms with Crippen LogP contribution in [0.25, 0.3) is 16.6 Å². The van der Waals surface area contributed by atoms with Crippen molar-refractivity contribution in [2.45, 2.75) is 43.7 Å². The number of anilines is 1. The number of amidine groups is 1. The molecule has 10 heteroatoms. The predicted octanol–water partition coefficient (Wildman–Crippen LogP) is 4.47. The summed E-state index contributed by atoms with van der Waals surface area (Å²) in [6.45, 7) is 0. The van der Waals surface area contributed by atoms with E-state index in [4.69, 9.17) is 17.3 Å². The summed E-state index contributed by atoms with van der Waals surface area (Å²) in [5, 5.41) is 36.6. The summed E-state index contributed by atoms with van der Waals surface area (Å²) in [6, 6.07) is 6.92. The van der Waals surface area contributed by atoms with Gasteiger partial charge in [-0.1, -0.05) is 11.6 Å². The van der Waals surface area contributed by atoms with E-state index in [1.807, 2.05) is 16.9 Å². The summed E-state index contributed by atoms with van der Waals surface area (Å²) < 4.78 is 1.85. The highest BCUT2D eigenvalue weighted by Crippen LogP contribution is 2.56. The second-order valence-electron chi connectivity index (χ2n) is 11.0. The smallest absolute Gasteiger partial charge is 0.135 e. The molecule has 4 aliphatic carbocycles. The third kappa shape index (κ3) is 3.84. The van der Waals surface area contributed by atoms with Crippen molar-refractivity contribution in [1.82, 2.24) is 19.8 Å². The van der Waals surface area contributed by atoms with Crippen LogP contribution < -0.4 is 11.1 Å².